The fourth-order valence-corrected chi connectivity index (χ4v) is 1.12. The van der Waals surface area contributed by atoms with Crippen LogP contribution in [0.2, 0.25) is 0 Å². The number of ether oxygens (including phenoxy) is 1. The molecule has 0 aliphatic carbocycles. The van der Waals surface area contributed by atoms with E-state index < -0.39 is 0 Å². The molecule has 9 heavy (non-hydrogen) atoms. The van der Waals surface area contributed by atoms with Crippen LogP contribution in [-0.2, 0) is 4.74 Å². The van der Waals surface area contributed by atoms with Crippen LogP contribution in [0.1, 0.15) is 13.3 Å². The molecule has 0 bridgehead atoms. The molecule has 1 fully saturated rings. The predicted octanol–water partition coefficient (Wildman–Crippen LogP) is 0.606. The normalized spacial score (nSPS) is 43.6. The molecule has 1 saturated heterocycles. The van der Waals surface area contributed by atoms with Gasteiger partial charge < -0.3 is 9.84 Å². The van der Waals surface area contributed by atoms with Crippen LogP contribution >= 0.6 is 0 Å². The van der Waals surface area contributed by atoms with Gasteiger partial charge in [-0.2, -0.15) is 0 Å². The molecule has 0 aromatic heterocycles. The second kappa shape index (κ2) is 2.58. The van der Waals surface area contributed by atoms with Crippen LogP contribution in [0.3, 0.4) is 0 Å². The van der Waals surface area contributed by atoms with Gasteiger partial charge >= 0.3 is 0 Å². The third-order valence-electron chi connectivity index (χ3n) is 1.84. The zero-order valence-electron chi connectivity index (χ0n) is 5.71. The van der Waals surface area contributed by atoms with Crippen molar-refractivity contribution in [2.75, 3.05) is 6.61 Å². The van der Waals surface area contributed by atoms with Crippen LogP contribution in [-0.4, -0.2) is 23.9 Å². The Balaban J connectivity index is 2.35. The lowest BCUT2D eigenvalue weighted by molar-refractivity contribution is 0.0162. The van der Waals surface area contributed by atoms with E-state index in [9.17, 15) is 0 Å². The minimum Gasteiger partial charge on any atom is -0.394 e. The summed E-state index contributed by atoms with van der Waals surface area (Å²) in [4.78, 5) is 0. The Hall–Kier alpha value is -0.210. The summed E-state index contributed by atoms with van der Waals surface area (Å²) in [5.74, 6) is 0.363. The first-order chi connectivity index (χ1) is 4.24. The van der Waals surface area contributed by atoms with E-state index in [4.69, 9.17) is 9.84 Å². The average molecular weight is 129 g/mol. The molecule has 52 valence electrons. The summed E-state index contributed by atoms with van der Waals surface area (Å²) >= 11 is 0. The highest BCUT2D eigenvalue weighted by Crippen LogP contribution is 2.24. The van der Waals surface area contributed by atoms with Crippen molar-refractivity contribution in [3.63, 3.8) is 0 Å². The van der Waals surface area contributed by atoms with E-state index in [0.29, 0.717) is 5.92 Å². The summed E-state index contributed by atoms with van der Waals surface area (Å²) in [6.45, 7) is 6.01. The van der Waals surface area contributed by atoms with Gasteiger partial charge in [-0.05, 0) is 6.92 Å². The van der Waals surface area contributed by atoms with Crippen molar-refractivity contribution in [1.82, 2.24) is 0 Å². The van der Waals surface area contributed by atoms with Crippen LogP contribution in [0, 0.1) is 12.8 Å². The molecule has 1 aliphatic heterocycles. The third kappa shape index (κ3) is 1.37. The first kappa shape index (κ1) is 6.90. The lowest BCUT2D eigenvalue weighted by Gasteiger charge is -2.04. The SMILES string of the molecule is [CH2+]C1C[C@@H](CO)O[C@H]1C. The fraction of sp³-hybridized carbons (Fsp3) is 0.857. The minimum absolute atomic E-state index is 0.0440. The van der Waals surface area contributed by atoms with Gasteiger partial charge in [-0.15, -0.1) is 0 Å². The summed E-state index contributed by atoms with van der Waals surface area (Å²) in [6, 6.07) is 0. The van der Waals surface area contributed by atoms with E-state index >= 15 is 0 Å². The average Bonchev–Trinajstić information content (AvgIpc) is 2.13. The summed E-state index contributed by atoms with van der Waals surface area (Å²) < 4.78 is 5.31. The fourth-order valence-electron chi connectivity index (χ4n) is 1.12. The molecule has 0 amide bonds. The maximum Gasteiger partial charge on any atom is 0.124 e. The molecule has 2 nitrogen and oxygen atoms in total. The number of hydrogen-bond acceptors (Lipinski definition) is 2. The highest BCUT2D eigenvalue weighted by molar-refractivity contribution is 4.80. The van der Waals surface area contributed by atoms with Crippen LogP contribution < -0.4 is 0 Å². The molecule has 1 unspecified atom stereocenters. The Morgan fingerprint density at radius 2 is 2.44 bits per heavy atom. The van der Waals surface area contributed by atoms with Gasteiger partial charge in [-0.3, -0.25) is 0 Å². The number of rotatable bonds is 1. The Morgan fingerprint density at radius 1 is 1.78 bits per heavy atom. The summed E-state index contributed by atoms with van der Waals surface area (Å²) in [5, 5.41) is 8.65. The van der Waals surface area contributed by atoms with Gasteiger partial charge in [0, 0.05) is 6.42 Å². The summed E-state index contributed by atoms with van der Waals surface area (Å²) in [7, 11) is 0. The highest BCUT2D eigenvalue weighted by Gasteiger charge is 2.32. The van der Waals surface area contributed by atoms with E-state index in [2.05, 4.69) is 6.92 Å². The second-order valence-corrected chi connectivity index (χ2v) is 2.64. The number of hydrogen-bond donors (Lipinski definition) is 1. The van der Waals surface area contributed by atoms with E-state index in [1.54, 1.807) is 0 Å². The summed E-state index contributed by atoms with van der Waals surface area (Å²) in [6.07, 6.45) is 1.17. The zero-order chi connectivity index (χ0) is 6.85. The van der Waals surface area contributed by atoms with E-state index in [-0.39, 0.29) is 18.8 Å². The van der Waals surface area contributed by atoms with E-state index in [1.165, 1.54) is 0 Å². The predicted molar refractivity (Wildman–Crippen MR) is 34.9 cm³/mol. The van der Waals surface area contributed by atoms with Crippen LogP contribution in [0.25, 0.3) is 0 Å². The zero-order valence-corrected chi connectivity index (χ0v) is 5.71. The quantitative estimate of drug-likeness (QED) is 0.525. The molecule has 1 aliphatic rings. The van der Waals surface area contributed by atoms with Crippen molar-refractivity contribution in [1.29, 1.82) is 0 Å². The monoisotopic (exact) mass is 129 g/mol. The van der Waals surface area contributed by atoms with E-state index in [1.807, 2.05) is 6.92 Å². The lowest BCUT2D eigenvalue weighted by Crippen LogP contribution is -2.12. The number of aliphatic hydroxyl groups is 1. The van der Waals surface area contributed by atoms with Gasteiger partial charge in [0.05, 0.1) is 25.7 Å². The largest absolute Gasteiger partial charge is 0.394 e. The maximum absolute atomic E-state index is 8.65. The first-order valence-corrected chi connectivity index (χ1v) is 3.33. The maximum atomic E-state index is 8.65. The third-order valence-corrected chi connectivity index (χ3v) is 1.84. The molecular weight excluding hydrogens is 116 g/mol. The van der Waals surface area contributed by atoms with Crippen molar-refractivity contribution in [2.45, 2.75) is 25.6 Å². The molecular formula is C7H13O2+. The highest BCUT2D eigenvalue weighted by atomic mass is 16.5. The smallest absolute Gasteiger partial charge is 0.124 e. The minimum atomic E-state index is 0.0440. The topological polar surface area (TPSA) is 29.5 Å². The van der Waals surface area contributed by atoms with Gasteiger partial charge in [0.25, 0.3) is 0 Å². The molecule has 0 saturated carbocycles. The Bertz CT molecular complexity index is 82.9. The Morgan fingerprint density at radius 3 is 2.67 bits per heavy atom. The molecule has 3 atom stereocenters. The van der Waals surface area contributed by atoms with Gasteiger partial charge in [-0.25, -0.2) is 0 Å². The molecule has 0 spiro atoms. The van der Waals surface area contributed by atoms with E-state index in [0.717, 1.165) is 6.42 Å². The first-order valence-electron chi connectivity index (χ1n) is 3.33. The second-order valence-electron chi connectivity index (χ2n) is 2.64. The summed E-state index contributed by atoms with van der Waals surface area (Å²) in [5.41, 5.74) is 0. The molecule has 1 N–H and O–H groups in total. The van der Waals surface area contributed by atoms with Crippen molar-refractivity contribution >= 4 is 0 Å². The van der Waals surface area contributed by atoms with Crippen molar-refractivity contribution in [3.05, 3.63) is 6.92 Å². The van der Waals surface area contributed by atoms with Crippen LogP contribution in [0.4, 0.5) is 0 Å². The standard InChI is InChI=1S/C7H13O2/c1-5-3-7(4-8)9-6(5)2/h5-8H,1,3-4H2,2H3/q+1/t5?,6-,7-/m0/s1. The van der Waals surface area contributed by atoms with Crippen molar-refractivity contribution < 1.29 is 9.84 Å². The van der Waals surface area contributed by atoms with Crippen LogP contribution in [0.5, 0.6) is 0 Å². The lowest BCUT2D eigenvalue weighted by atomic mass is 10.0. The Labute approximate surface area is 55.8 Å². The van der Waals surface area contributed by atoms with Gasteiger partial charge in [0.2, 0.25) is 0 Å². The molecule has 0 aromatic rings. The molecule has 2 heteroatoms. The number of aliphatic hydroxyl groups excluding tert-OH is 1. The molecule has 0 aromatic carbocycles. The molecule has 1 rings (SSSR count). The molecule has 1 heterocycles. The Kier molecular flexibility index (Phi) is 1.98. The van der Waals surface area contributed by atoms with Gasteiger partial charge in [0.15, 0.2) is 0 Å². The van der Waals surface area contributed by atoms with Gasteiger partial charge in [0.1, 0.15) is 5.92 Å². The molecule has 0 radical (unpaired) electrons. The van der Waals surface area contributed by atoms with Crippen molar-refractivity contribution in [2.24, 2.45) is 5.92 Å². The van der Waals surface area contributed by atoms with Crippen molar-refractivity contribution in [3.8, 4) is 0 Å². The van der Waals surface area contributed by atoms with Gasteiger partial charge in [-0.1, -0.05) is 0 Å². The van der Waals surface area contributed by atoms with Crippen LogP contribution in [0.15, 0.2) is 0 Å².